The number of hydrogen-bond donors (Lipinski definition) is 1. The third kappa shape index (κ3) is 3.67. The molecule has 0 fully saturated rings. The summed E-state index contributed by atoms with van der Waals surface area (Å²) in [5.74, 6) is -0.470. The summed E-state index contributed by atoms with van der Waals surface area (Å²) in [6, 6.07) is 15.5. The Bertz CT molecular complexity index is 632. The lowest BCUT2D eigenvalue weighted by Crippen LogP contribution is -2.16. The van der Waals surface area contributed by atoms with Gasteiger partial charge in [0.15, 0.2) is 0 Å². The molecule has 3 heteroatoms. The molecule has 0 saturated carbocycles. The highest BCUT2D eigenvalue weighted by molar-refractivity contribution is 5.78. The second kappa shape index (κ2) is 7.12. The van der Waals surface area contributed by atoms with Gasteiger partial charge in [0.2, 0.25) is 0 Å². The van der Waals surface area contributed by atoms with Crippen molar-refractivity contribution in [3.63, 3.8) is 0 Å². The van der Waals surface area contributed by atoms with Gasteiger partial charge in [-0.3, -0.25) is 4.79 Å². The summed E-state index contributed by atoms with van der Waals surface area (Å²) in [5, 5.41) is 9.68. The van der Waals surface area contributed by atoms with Crippen molar-refractivity contribution < 1.29 is 14.6 Å². The van der Waals surface area contributed by atoms with Gasteiger partial charge in [0, 0.05) is 5.56 Å². The highest BCUT2D eigenvalue weighted by Gasteiger charge is 2.24. The van der Waals surface area contributed by atoms with Crippen molar-refractivity contribution in [1.82, 2.24) is 0 Å². The lowest BCUT2D eigenvalue weighted by atomic mass is 9.88. The summed E-state index contributed by atoms with van der Waals surface area (Å²) < 4.78 is 5.39. The Balaban J connectivity index is 2.43. The first kappa shape index (κ1) is 16.1. The molecule has 3 nitrogen and oxygen atoms in total. The maximum atomic E-state index is 11.8. The van der Waals surface area contributed by atoms with E-state index >= 15 is 0 Å². The van der Waals surface area contributed by atoms with Crippen LogP contribution in [0.4, 0.5) is 0 Å². The van der Waals surface area contributed by atoms with Crippen LogP contribution in [0.1, 0.15) is 42.4 Å². The zero-order chi connectivity index (χ0) is 16.1. The van der Waals surface area contributed by atoms with Gasteiger partial charge in [0.1, 0.15) is 5.75 Å². The van der Waals surface area contributed by atoms with Gasteiger partial charge in [-0.2, -0.15) is 0 Å². The van der Waals surface area contributed by atoms with Crippen molar-refractivity contribution in [3.05, 3.63) is 65.2 Å². The Kier molecular flexibility index (Phi) is 5.21. The number of ether oxygens (including phenoxy) is 1. The number of rotatable bonds is 6. The molecule has 0 aliphatic carbocycles. The van der Waals surface area contributed by atoms with Crippen LogP contribution in [0.15, 0.2) is 48.5 Å². The second-order valence-corrected chi connectivity index (χ2v) is 5.74. The Morgan fingerprint density at radius 1 is 1.14 bits per heavy atom. The normalized spacial score (nSPS) is 12.2. The van der Waals surface area contributed by atoms with Gasteiger partial charge < -0.3 is 9.84 Å². The average Bonchev–Trinajstić information content (AvgIpc) is 2.52. The van der Waals surface area contributed by atoms with Crippen LogP contribution >= 0.6 is 0 Å². The molecule has 1 atom stereocenters. The van der Waals surface area contributed by atoms with Crippen molar-refractivity contribution in [2.24, 2.45) is 0 Å². The average molecular weight is 298 g/mol. The van der Waals surface area contributed by atoms with E-state index in [4.69, 9.17) is 4.74 Å². The SMILES string of the molecule is COc1ccc(C(C)C)cc1C(Cc1ccccc1)C(=O)O. The minimum atomic E-state index is -0.831. The molecule has 0 heterocycles. The quantitative estimate of drug-likeness (QED) is 0.868. The number of carbonyl (C=O) groups is 1. The van der Waals surface area contributed by atoms with Crippen molar-refractivity contribution >= 4 is 5.97 Å². The van der Waals surface area contributed by atoms with Gasteiger partial charge in [-0.1, -0.05) is 56.3 Å². The lowest BCUT2D eigenvalue weighted by molar-refractivity contribution is -0.138. The predicted octanol–water partition coefficient (Wildman–Crippen LogP) is 4.23. The van der Waals surface area contributed by atoms with E-state index in [2.05, 4.69) is 13.8 Å². The van der Waals surface area contributed by atoms with Gasteiger partial charge in [-0.05, 0) is 29.5 Å². The molecule has 2 aromatic carbocycles. The van der Waals surface area contributed by atoms with Crippen LogP contribution in [0.5, 0.6) is 5.75 Å². The van der Waals surface area contributed by atoms with E-state index in [-0.39, 0.29) is 0 Å². The first-order chi connectivity index (χ1) is 10.5. The van der Waals surface area contributed by atoms with Gasteiger partial charge in [-0.25, -0.2) is 0 Å². The fourth-order valence-corrected chi connectivity index (χ4v) is 2.56. The third-order valence-electron chi connectivity index (χ3n) is 3.88. The van der Waals surface area contributed by atoms with Crippen LogP contribution in [-0.2, 0) is 11.2 Å². The van der Waals surface area contributed by atoms with E-state index in [1.807, 2.05) is 48.5 Å². The van der Waals surface area contributed by atoms with Crippen LogP contribution in [0.2, 0.25) is 0 Å². The number of benzene rings is 2. The number of methoxy groups -OCH3 is 1. The van der Waals surface area contributed by atoms with Crippen LogP contribution in [0.25, 0.3) is 0 Å². The van der Waals surface area contributed by atoms with Crippen LogP contribution in [-0.4, -0.2) is 18.2 Å². The van der Waals surface area contributed by atoms with Crippen molar-refractivity contribution in [2.75, 3.05) is 7.11 Å². The molecule has 2 rings (SSSR count). The minimum Gasteiger partial charge on any atom is -0.496 e. The third-order valence-corrected chi connectivity index (χ3v) is 3.88. The monoisotopic (exact) mass is 298 g/mol. The maximum Gasteiger partial charge on any atom is 0.311 e. The van der Waals surface area contributed by atoms with E-state index in [0.717, 1.165) is 16.7 Å². The largest absolute Gasteiger partial charge is 0.496 e. The molecule has 0 amide bonds. The predicted molar refractivity (Wildman–Crippen MR) is 87.6 cm³/mol. The van der Waals surface area contributed by atoms with Crippen molar-refractivity contribution in [3.8, 4) is 5.75 Å². The van der Waals surface area contributed by atoms with Crippen LogP contribution in [0.3, 0.4) is 0 Å². The first-order valence-electron chi connectivity index (χ1n) is 7.47. The molecule has 1 unspecified atom stereocenters. The molecule has 0 saturated heterocycles. The molecule has 0 aliphatic rings. The Morgan fingerprint density at radius 3 is 2.36 bits per heavy atom. The van der Waals surface area contributed by atoms with E-state index in [0.29, 0.717) is 18.1 Å². The highest BCUT2D eigenvalue weighted by atomic mass is 16.5. The van der Waals surface area contributed by atoms with Crippen LogP contribution in [0, 0.1) is 0 Å². The van der Waals surface area contributed by atoms with E-state index < -0.39 is 11.9 Å². The molecule has 1 N–H and O–H groups in total. The number of carboxylic acids is 1. The van der Waals surface area contributed by atoms with Crippen molar-refractivity contribution in [1.29, 1.82) is 0 Å². The topological polar surface area (TPSA) is 46.5 Å². The Morgan fingerprint density at radius 2 is 1.82 bits per heavy atom. The van der Waals surface area contributed by atoms with Gasteiger partial charge >= 0.3 is 5.97 Å². The summed E-state index contributed by atoms with van der Waals surface area (Å²) in [6.45, 7) is 4.19. The molecule has 22 heavy (non-hydrogen) atoms. The Hall–Kier alpha value is -2.29. The molecule has 0 bridgehead atoms. The second-order valence-electron chi connectivity index (χ2n) is 5.74. The summed E-state index contributed by atoms with van der Waals surface area (Å²) in [7, 11) is 1.58. The molecule has 116 valence electrons. The number of hydrogen-bond acceptors (Lipinski definition) is 2. The smallest absolute Gasteiger partial charge is 0.311 e. The maximum absolute atomic E-state index is 11.8. The zero-order valence-electron chi connectivity index (χ0n) is 13.2. The van der Waals surface area contributed by atoms with E-state index in [1.165, 1.54) is 0 Å². The molecular formula is C19H22O3. The van der Waals surface area contributed by atoms with Gasteiger partial charge in [0.05, 0.1) is 13.0 Å². The zero-order valence-corrected chi connectivity index (χ0v) is 13.2. The van der Waals surface area contributed by atoms with E-state index in [9.17, 15) is 9.90 Å². The Labute approximate surface area is 131 Å². The summed E-state index contributed by atoms with van der Waals surface area (Å²) >= 11 is 0. The lowest BCUT2D eigenvalue weighted by Gasteiger charge is -2.18. The molecule has 2 aromatic rings. The molecule has 0 aromatic heterocycles. The molecule has 0 aliphatic heterocycles. The van der Waals surface area contributed by atoms with Gasteiger partial charge in [0.25, 0.3) is 0 Å². The molecule has 0 spiro atoms. The highest BCUT2D eigenvalue weighted by Crippen LogP contribution is 2.32. The fraction of sp³-hybridized carbons (Fsp3) is 0.316. The summed E-state index contributed by atoms with van der Waals surface area (Å²) in [4.78, 5) is 11.8. The number of carboxylic acid groups (broad SMARTS) is 1. The molecular weight excluding hydrogens is 276 g/mol. The first-order valence-corrected chi connectivity index (χ1v) is 7.47. The number of aliphatic carboxylic acids is 1. The minimum absolute atomic E-state index is 0.343. The molecule has 0 radical (unpaired) electrons. The van der Waals surface area contributed by atoms with Crippen molar-refractivity contribution in [2.45, 2.75) is 32.1 Å². The van der Waals surface area contributed by atoms with Gasteiger partial charge in [-0.15, -0.1) is 0 Å². The van der Waals surface area contributed by atoms with E-state index in [1.54, 1.807) is 7.11 Å². The summed E-state index contributed by atoms with van der Waals surface area (Å²) in [5.41, 5.74) is 2.87. The fourth-order valence-electron chi connectivity index (χ4n) is 2.56. The summed E-state index contributed by atoms with van der Waals surface area (Å²) in [6.07, 6.45) is 0.452. The standard InChI is InChI=1S/C19H22O3/c1-13(2)15-9-10-18(22-3)16(12-15)17(19(20)21)11-14-7-5-4-6-8-14/h4-10,12-13,17H,11H2,1-3H3,(H,20,21). The van der Waals surface area contributed by atoms with Crippen LogP contribution < -0.4 is 4.74 Å².